The minimum Gasteiger partial charge on any atom is -0.507 e. The molecule has 5 aromatic rings. The summed E-state index contributed by atoms with van der Waals surface area (Å²) >= 11 is 0. The first-order chi connectivity index (χ1) is 17.2. The maximum Gasteiger partial charge on any atom is 0.124 e. The third kappa shape index (κ3) is 3.81. The van der Waals surface area contributed by atoms with E-state index in [0.29, 0.717) is 11.3 Å². The summed E-state index contributed by atoms with van der Waals surface area (Å²) in [6.45, 7) is 0. The number of aromatic nitrogens is 1. The van der Waals surface area contributed by atoms with Crippen LogP contribution in [0.3, 0.4) is 0 Å². The maximum atomic E-state index is 10.4. The number of benzene rings is 4. The molecule has 3 N–H and O–H groups in total. The molecular weight excluding hydrogens is 432 g/mol. The third-order valence-electron chi connectivity index (χ3n) is 6.26. The Bertz CT molecular complexity index is 1670. The topological polar surface area (TPSA) is 68.6 Å². The molecule has 0 amide bonds. The monoisotopic (exact) mass is 454 g/mol. The van der Waals surface area contributed by atoms with E-state index in [9.17, 15) is 10.2 Å². The van der Waals surface area contributed by atoms with Gasteiger partial charge in [-0.2, -0.15) is 0 Å². The largest absolute Gasteiger partial charge is 0.507 e. The van der Waals surface area contributed by atoms with Gasteiger partial charge in [-0.15, -0.1) is 0 Å². The van der Waals surface area contributed by atoms with E-state index in [2.05, 4.69) is 35.3 Å². The molecule has 0 bridgehead atoms. The zero-order valence-corrected chi connectivity index (χ0v) is 18.8. The van der Waals surface area contributed by atoms with Crippen LogP contribution in [-0.4, -0.2) is 20.9 Å². The van der Waals surface area contributed by atoms with Crippen molar-refractivity contribution in [1.29, 1.82) is 0 Å². The van der Waals surface area contributed by atoms with Crippen LogP contribution in [0.5, 0.6) is 11.5 Å². The summed E-state index contributed by atoms with van der Waals surface area (Å²) in [6.07, 6.45) is 3.91. The van der Waals surface area contributed by atoms with Gasteiger partial charge in [-0.1, -0.05) is 60.7 Å². The second kappa shape index (κ2) is 8.50. The predicted octanol–water partition coefficient (Wildman–Crippen LogP) is 7.06. The number of aromatic amines is 1. The summed E-state index contributed by atoms with van der Waals surface area (Å²) in [5.41, 5.74) is 6.62. The number of nitrogens with zero attached hydrogens (tertiary/aromatic N) is 1. The zero-order chi connectivity index (χ0) is 23.8. The van der Waals surface area contributed by atoms with Crippen LogP contribution in [0.15, 0.2) is 126 Å². The fourth-order valence-electron chi connectivity index (χ4n) is 4.53. The minimum atomic E-state index is 0.200. The normalized spacial score (nSPS) is 14.3. The summed E-state index contributed by atoms with van der Waals surface area (Å²) in [7, 11) is 0. The van der Waals surface area contributed by atoms with Crippen LogP contribution in [0.1, 0.15) is 16.8 Å². The van der Waals surface area contributed by atoms with Gasteiger partial charge in [0, 0.05) is 28.1 Å². The highest BCUT2D eigenvalue weighted by Crippen LogP contribution is 2.35. The average molecular weight is 455 g/mol. The molecule has 1 aromatic heterocycles. The Morgan fingerprint density at radius 2 is 1.31 bits per heavy atom. The van der Waals surface area contributed by atoms with Crippen LogP contribution in [0.2, 0.25) is 0 Å². The molecule has 0 unspecified atom stereocenters. The summed E-state index contributed by atoms with van der Waals surface area (Å²) in [4.78, 5) is 8.40. The summed E-state index contributed by atoms with van der Waals surface area (Å²) < 4.78 is 0. The first kappa shape index (κ1) is 20.8. The number of hydrogen-bond donors (Lipinski definition) is 3. The van der Waals surface area contributed by atoms with Crippen LogP contribution in [0.25, 0.3) is 27.6 Å². The second-order valence-electron chi connectivity index (χ2n) is 8.47. The van der Waals surface area contributed by atoms with Crippen molar-refractivity contribution >= 4 is 22.1 Å². The molecule has 0 fully saturated rings. The minimum absolute atomic E-state index is 0.200. The lowest BCUT2D eigenvalue weighted by molar-refractivity contribution is 0.474. The van der Waals surface area contributed by atoms with Crippen molar-refractivity contribution in [2.75, 3.05) is 0 Å². The van der Waals surface area contributed by atoms with Crippen LogP contribution in [-0.2, 0) is 0 Å². The van der Waals surface area contributed by atoms with Crippen molar-refractivity contribution in [1.82, 2.24) is 4.98 Å². The molecule has 35 heavy (non-hydrogen) atoms. The van der Waals surface area contributed by atoms with Gasteiger partial charge in [0.1, 0.15) is 11.5 Å². The third-order valence-corrected chi connectivity index (χ3v) is 6.26. The first-order valence-corrected chi connectivity index (χ1v) is 11.4. The van der Waals surface area contributed by atoms with E-state index in [0.717, 1.165) is 39.2 Å². The van der Waals surface area contributed by atoms with E-state index in [-0.39, 0.29) is 11.5 Å². The van der Waals surface area contributed by atoms with Gasteiger partial charge in [0.15, 0.2) is 0 Å². The average Bonchev–Trinajstić information content (AvgIpc) is 3.56. The number of fused-ring (bicyclic) bond motifs is 1. The summed E-state index contributed by atoms with van der Waals surface area (Å²) in [5, 5.41) is 23.0. The molecule has 4 heteroatoms. The molecule has 4 aromatic carbocycles. The molecule has 6 rings (SSSR count). The van der Waals surface area contributed by atoms with Gasteiger partial charge >= 0.3 is 0 Å². The number of aliphatic imine (C=N–C) groups is 1. The number of nitrogens with one attached hydrogen (secondary N) is 1. The lowest BCUT2D eigenvalue weighted by Gasteiger charge is -2.11. The fourth-order valence-corrected chi connectivity index (χ4v) is 4.53. The van der Waals surface area contributed by atoms with Gasteiger partial charge in [-0.05, 0) is 71.0 Å². The van der Waals surface area contributed by atoms with E-state index in [1.165, 1.54) is 5.39 Å². The molecule has 1 aliphatic heterocycles. The van der Waals surface area contributed by atoms with Gasteiger partial charge in [-0.25, -0.2) is 4.99 Å². The number of phenols is 2. The molecule has 0 radical (unpaired) electrons. The Kier molecular flexibility index (Phi) is 5.04. The molecule has 168 valence electrons. The van der Waals surface area contributed by atoms with E-state index in [4.69, 9.17) is 4.99 Å². The number of rotatable bonds is 4. The maximum absolute atomic E-state index is 10.4. The van der Waals surface area contributed by atoms with Crippen LogP contribution in [0, 0.1) is 0 Å². The lowest BCUT2D eigenvalue weighted by Crippen LogP contribution is -1.95. The number of para-hydroxylation sites is 2. The van der Waals surface area contributed by atoms with Crippen molar-refractivity contribution in [2.24, 2.45) is 4.99 Å². The number of aromatic hydroxyl groups is 2. The zero-order valence-electron chi connectivity index (χ0n) is 18.8. The highest BCUT2D eigenvalue weighted by molar-refractivity contribution is 6.13. The van der Waals surface area contributed by atoms with Crippen molar-refractivity contribution in [2.45, 2.75) is 0 Å². The Hall–Kier alpha value is -4.83. The Labute approximate surface area is 202 Å². The van der Waals surface area contributed by atoms with E-state index in [1.54, 1.807) is 18.2 Å². The number of allylic oxidation sites excluding steroid dienone is 2. The van der Waals surface area contributed by atoms with Crippen LogP contribution < -0.4 is 0 Å². The second-order valence-corrected chi connectivity index (χ2v) is 8.47. The summed E-state index contributed by atoms with van der Waals surface area (Å²) in [5.74, 6) is 0.424. The Balaban J connectivity index is 1.54. The fraction of sp³-hybridized carbons (Fsp3) is 0. The van der Waals surface area contributed by atoms with Gasteiger partial charge in [-0.3, -0.25) is 0 Å². The molecular formula is C31H22N2O2. The summed E-state index contributed by atoms with van der Waals surface area (Å²) in [6, 6.07) is 33.1. The van der Waals surface area contributed by atoms with Gasteiger partial charge in [0.25, 0.3) is 0 Å². The molecule has 0 aliphatic carbocycles. The van der Waals surface area contributed by atoms with Gasteiger partial charge in [0.2, 0.25) is 0 Å². The van der Waals surface area contributed by atoms with Gasteiger partial charge < -0.3 is 15.2 Å². The highest BCUT2D eigenvalue weighted by atomic mass is 16.3. The number of hydrogen-bond acceptors (Lipinski definition) is 3. The van der Waals surface area contributed by atoms with Crippen molar-refractivity contribution in [3.8, 4) is 22.8 Å². The molecule has 2 heterocycles. The molecule has 1 aliphatic rings. The molecule has 0 atom stereocenters. The smallest absolute Gasteiger partial charge is 0.124 e. The van der Waals surface area contributed by atoms with E-state index < -0.39 is 0 Å². The molecule has 0 spiro atoms. The lowest BCUT2D eigenvalue weighted by atomic mass is 9.97. The van der Waals surface area contributed by atoms with Crippen LogP contribution >= 0.6 is 0 Å². The van der Waals surface area contributed by atoms with Gasteiger partial charge in [0.05, 0.1) is 11.4 Å². The Morgan fingerprint density at radius 1 is 0.629 bits per heavy atom. The number of H-pyrrole nitrogens is 1. The first-order valence-electron chi connectivity index (χ1n) is 11.4. The number of phenolic OH excluding ortho intramolecular Hbond substituents is 2. The predicted molar refractivity (Wildman–Crippen MR) is 142 cm³/mol. The standard InChI is InChI=1S/C31H22N2O2/c34-29-11-5-3-9-23(29)25-15-17-27(32-25)31(22-14-13-20-7-1-2-8-21(20)19-22)28-18-16-26(33-28)24-10-4-6-12-30(24)35/h1-19,32,34-35H/b31-28-. The van der Waals surface area contributed by atoms with Crippen molar-refractivity contribution < 1.29 is 10.2 Å². The molecule has 0 saturated heterocycles. The van der Waals surface area contributed by atoms with Crippen molar-refractivity contribution in [3.05, 3.63) is 138 Å². The van der Waals surface area contributed by atoms with Crippen LogP contribution in [0.4, 0.5) is 0 Å². The highest BCUT2D eigenvalue weighted by Gasteiger charge is 2.19. The molecule has 0 saturated carbocycles. The SMILES string of the molecule is Oc1ccccc1C1=N/C(=C(/c2ccc3ccccc3c2)c2ccc(-c3ccccc3O)[nH]2)C=C1. The van der Waals surface area contributed by atoms with E-state index >= 15 is 0 Å². The van der Waals surface area contributed by atoms with Crippen molar-refractivity contribution in [3.63, 3.8) is 0 Å². The molecule has 4 nitrogen and oxygen atoms in total. The van der Waals surface area contributed by atoms with E-state index in [1.807, 2.05) is 66.7 Å². The Morgan fingerprint density at radius 3 is 2.09 bits per heavy atom. The quantitative estimate of drug-likeness (QED) is 0.272.